The van der Waals surface area contributed by atoms with Crippen LogP contribution in [0.5, 0.6) is 0 Å². The van der Waals surface area contributed by atoms with Crippen LogP contribution in [0, 0.1) is 23.7 Å². The molecule has 0 saturated heterocycles. The summed E-state index contributed by atoms with van der Waals surface area (Å²) in [7, 11) is -9.89. The fraction of sp³-hybridized carbons (Fsp3) is 0.940. The first-order valence-corrected chi connectivity index (χ1v) is 37.7. The van der Waals surface area contributed by atoms with Gasteiger partial charge >= 0.3 is 39.5 Å². The molecule has 0 amide bonds. The van der Waals surface area contributed by atoms with Crippen LogP contribution in [0.4, 0.5) is 0 Å². The van der Waals surface area contributed by atoms with Crippen molar-refractivity contribution in [2.24, 2.45) is 23.7 Å². The highest BCUT2D eigenvalue weighted by Gasteiger charge is 2.30. The third-order valence-corrected chi connectivity index (χ3v) is 17.6. The zero-order valence-corrected chi connectivity index (χ0v) is 57.7. The van der Waals surface area contributed by atoms with E-state index in [-0.39, 0.29) is 25.7 Å². The maximum Gasteiger partial charge on any atom is 0.472 e. The molecule has 0 radical (unpaired) electrons. The largest absolute Gasteiger partial charge is 0.472 e. The number of phosphoric ester groups is 2. The summed E-state index contributed by atoms with van der Waals surface area (Å²) in [5.41, 5.74) is 0. The van der Waals surface area contributed by atoms with Crippen LogP contribution in [0.1, 0.15) is 325 Å². The molecular weight excluding hydrogens is 1140 g/mol. The van der Waals surface area contributed by atoms with E-state index in [1.807, 2.05) is 0 Å². The lowest BCUT2D eigenvalue weighted by Gasteiger charge is -2.21. The van der Waals surface area contributed by atoms with Crippen molar-refractivity contribution >= 4 is 39.5 Å². The standard InChI is InChI=1S/C67H130O17P2/c1-9-60(8)46-38-30-24-26-32-40-48-65(70)78-54-63(84-67(72)50-42-34-25-23-29-37-45-59(6)7)56-82-86(75,76)80-52-61(68)51-79-85(73,74)81-55-62(53-77-64(69)47-39-31-21-18-17-20-28-36-44-58(4)5)83-66(71)49-41-33-22-16-14-12-10-11-13-15-19-27-35-43-57(2)3/h57-63,68H,9-56H2,1-8H3,(H,73,74)(H,75,76)/t60?,61-,62-,63-/m1/s1. The van der Waals surface area contributed by atoms with Crippen molar-refractivity contribution < 1.29 is 80.2 Å². The number of phosphoric acid groups is 2. The number of rotatable bonds is 64. The summed E-state index contributed by atoms with van der Waals surface area (Å²) in [5.74, 6) is 0.774. The van der Waals surface area contributed by atoms with Gasteiger partial charge in [0.1, 0.15) is 19.3 Å². The van der Waals surface area contributed by atoms with Crippen LogP contribution in [0.15, 0.2) is 0 Å². The number of aliphatic hydroxyl groups excluding tert-OH is 1. The monoisotopic (exact) mass is 1270 g/mol. The Hall–Kier alpha value is -1.94. The number of carbonyl (C=O) groups is 4. The zero-order valence-electron chi connectivity index (χ0n) is 55.9. The van der Waals surface area contributed by atoms with Crippen molar-refractivity contribution in [2.75, 3.05) is 39.6 Å². The summed E-state index contributed by atoms with van der Waals surface area (Å²) in [4.78, 5) is 72.3. The lowest BCUT2D eigenvalue weighted by atomic mass is 10.00. The van der Waals surface area contributed by atoms with E-state index >= 15 is 0 Å². The van der Waals surface area contributed by atoms with Gasteiger partial charge in [0.2, 0.25) is 0 Å². The molecule has 0 aliphatic carbocycles. The van der Waals surface area contributed by atoms with Crippen LogP contribution in [0.2, 0.25) is 0 Å². The van der Waals surface area contributed by atoms with E-state index < -0.39 is 97.5 Å². The van der Waals surface area contributed by atoms with Crippen LogP contribution in [-0.2, 0) is 65.4 Å². The molecule has 0 spiro atoms. The molecule has 0 rings (SSSR count). The van der Waals surface area contributed by atoms with Gasteiger partial charge in [0, 0.05) is 25.7 Å². The number of esters is 4. The van der Waals surface area contributed by atoms with Gasteiger partial charge in [-0.05, 0) is 49.4 Å². The third kappa shape index (κ3) is 59.7. The number of carbonyl (C=O) groups excluding carboxylic acids is 4. The van der Waals surface area contributed by atoms with Crippen LogP contribution in [-0.4, -0.2) is 96.7 Å². The van der Waals surface area contributed by atoms with Gasteiger partial charge in [-0.25, -0.2) is 9.13 Å². The van der Waals surface area contributed by atoms with E-state index in [2.05, 4.69) is 55.4 Å². The van der Waals surface area contributed by atoms with E-state index in [1.165, 1.54) is 122 Å². The van der Waals surface area contributed by atoms with Gasteiger partial charge in [-0.15, -0.1) is 0 Å². The maximum absolute atomic E-state index is 13.0. The predicted molar refractivity (Wildman–Crippen MR) is 344 cm³/mol. The number of hydrogen-bond donors (Lipinski definition) is 3. The normalized spacial score (nSPS) is 14.7. The van der Waals surface area contributed by atoms with Crippen molar-refractivity contribution in [1.82, 2.24) is 0 Å². The summed E-state index contributed by atoms with van der Waals surface area (Å²) in [5, 5.41) is 10.6. The molecule has 0 aromatic rings. The molecule has 0 bridgehead atoms. The Morgan fingerprint density at radius 2 is 0.558 bits per heavy atom. The van der Waals surface area contributed by atoms with Crippen molar-refractivity contribution in [3.05, 3.63) is 0 Å². The lowest BCUT2D eigenvalue weighted by Crippen LogP contribution is -2.30. The van der Waals surface area contributed by atoms with E-state index in [4.69, 9.17) is 37.0 Å². The Kier molecular flexibility index (Phi) is 55.7. The van der Waals surface area contributed by atoms with Crippen molar-refractivity contribution in [1.29, 1.82) is 0 Å². The van der Waals surface area contributed by atoms with Gasteiger partial charge in [-0.3, -0.25) is 37.3 Å². The van der Waals surface area contributed by atoms with Gasteiger partial charge in [-0.2, -0.15) is 0 Å². The molecule has 510 valence electrons. The van der Waals surface area contributed by atoms with Crippen molar-refractivity contribution in [3.8, 4) is 0 Å². The Balaban J connectivity index is 5.23. The average Bonchev–Trinajstić information content (AvgIpc) is 3.65. The Bertz CT molecular complexity index is 1720. The minimum atomic E-state index is -4.95. The zero-order chi connectivity index (χ0) is 63.9. The quantitative estimate of drug-likeness (QED) is 0.0222. The first kappa shape index (κ1) is 84.1. The molecule has 0 aliphatic rings. The fourth-order valence-corrected chi connectivity index (χ4v) is 11.5. The first-order valence-electron chi connectivity index (χ1n) is 34.7. The molecule has 3 unspecified atom stereocenters. The summed E-state index contributed by atoms with van der Waals surface area (Å²) >= 11 is 0. The molecule has 19 heteroatoms. The van der Waals surface area contributed by atoms with Crippen LogP contribution in [0.25, 0.3) is 0 Å². The van der Waals surface area contributed by atoms with Gasteiger partial charge in [0.25, 0.3) is 0 Å². The molecule has 0 aromatic carbocycles. The molecule has 0 saturated carbocycles. The topological polar surface area (TPSA) is 237 Å². The number of hydrogen-bond acceptors (Lipinski definition) is 15. The smallest absolute Gasteiger partial charge is 0.462 e. The second kappa shape index (κ2) is 57.0. The Morgan fingerprint density at radius 3 is 0.826 bits per heavy atom. The molecule has 0 aromatic heterocycles. The molecule has 0 aliphatic heterocycles. The molecule has 0 heterocycles. The maximum atomic E-state index is 13.0. The van der Waals surface area contributed by atoms with Gasteiger partial charge in [0.05, 0.1) is 26.4 Å². The fourth-order valence-electron chi connectivity index (χ4n) is 9.93. The molecule has 3 N–H and O–H groups in total. The highest BCUT2D eigenvalue weighted by molar-refractivity contribution is 7.47. The number of aliphatic hydroxyl groups is 1. The summed E-state index contributed by atoms with van der Waals surface area (Å²) in [6.45, 7) is 14.0. The van der Waals surface area contributed by atoms with Crippen LogP contribution >= 0.6 is 15.6 Å². The van der Waals surface area contributed by atoms with E-state index in [9.17, 15) is 43.2 Å². The molecule has 6 atom stereocenters. The minimum absolute atomic E-state index is 0.101. The highest BCUT2D eigenvalue weighted by Crippen LogP contribution is 2.45. The SMILES string of the molecule is CCC(C)CCCCCCCCC(=O)OC[C@H](COP(=O)(O)OC[C@H](O)COP(=O)(O)OC[C@@H](COC(=O)CCCCCCCCCCC(C)C)OC(=O)CCCCCCCCCCCCCCCC(C)C)OC(=O)CCCCCCCCC(C)C. The minimum Gasteiger partial charge on any atom is -0.462 e. The predicted octanol–water partition coefficient (Wildman–Crippen LogP) is 18.5. The summed E-state index contributed by atoms with van der Waals surface area (Å²) < 4.78 is 68.1. The number of unbranched alkanes of at least 4 members (excludes halogenated alkanes) is 29. The summed E-state index contributed by atoms with van der Waals surface area (Å²) in [6, 6.07) is 0. The second-order valence-corrected chi connectivity index (χ2v) is 28.8. The van der Waals surface area contributed by atoms with Crippen LogP contribution < -0.4 is 0 Å². The lowest BCUT2D eigenvalue weighted by molar-refractivity contribution is -0.161. The van der Waals surface area contributed by atoms with Gasteiger partial charge in [0.15, 0.2) is 12.2 Å². The summed E-state index contributed by atoms with van der Waals surface area (Å²) in [6.07, 6.45) is 37.8. The van der Waals surface area contributed by atoms with E-state index in [0.29, 0.717) is 31.6 Å². The second-order valence-electron chi connectivity index (χ2n) is 25.9. The molecular formula is C67H130O17P2. The number of ether oxygens (including phenoxy) is 4. The average molecular weight is 1270 g/mol. The highest BCUT2D eigenvalue weighted by atomic mass is 31.2. The van der Waals surface area contributed by atoms with Crippen molar-refractivity contribution in [2.45, 2.75) is 343 Å². The molecule has 86 heavy (non-hydrogen) atoms. The third-order valence-electron chi connectivity index (χ3n) is 15.7. The van der Waals surface area contributed by atoms with Crippen LogP contribution in [0.3, 0.4) is 0 Å². The van der Waals surface area contributed by atoms with E-state index in [0.717, 1.165) is 114 Å². The van der Waals surface area contributed by atoms with Gasteiger partial charge < -0.3 is 33.8 Å². The Morgan fingerprint density at radius 1 is 0.326 bits per heavy atom. The van der Waals surface area contributed by atoms with E-state index in [1.54, 1.807) is 0 Å². The Labute approximate surface area is 524 Å². The molecule has 0 fully saturated rings. The van der Waals surface area contributed by atoms with Gasteiger partial charge in [-0.1, -0.05) is 274 Å². The molecule has 17 nitrogen and oxygen atoms in total. The van der Waals surface area contributed by atoms with Crippen molar-refractivity contribution in [3.63, 3.8) is 0 Å². The first-order chi connectivity index (χ1) is 41.1.